The third-order valence-corrected chi connectivity index (χ3v) is 6.76. The standard InChI is InChI=1S/C26H26N3O6P/c1-17-22(19-12-14-21(15-13-19)34-16-35-36(31,32)33)26(30)29-25(27-17)23(18-8-4-2-5-9-18)24(28-29)20-10-6-3-7-11-20/h2-4,6-7,10-15,18,27H,5,8-9,16H2,1H3,(H2,31,32,33). The molecule has 0 saturated carbocycles. The minimum Gasteiger partial charge on any atom is -0.467 e. The lowest BCUT2D eigenvalue weighted by Crippen LogP contribution is -2.19. The molecular weight excluding hydrogens is 481 g/mol. The quantitative estimate of drug-likeness (QED) is 0.184. The molecule has 2 heterocycles. The van der Waals surface area contributed by atoms with E-state index in [0.29, 0.717) is 16.9 Å². The zero-order chi connectivity index (χ0) is 25.3. The summed E-state index contributed by atoms with van der Waals surface area (Å²) in [6.45, 7) is 1.28. The topological polar surface area (TPSA) is 126 Å². The first-order valence-corrected chi connectivity index (χ1v) is 13.1. The van der Waals surface area contributed by atoms with E-state index in [1.54, 1.807) is 24.3 Å². The Labute approximate surface area is 207 Å². The van der Waals surface area contributed by atoms with Gasteiger partial charge in [0.05, 0.1) is 11.3 Å². The Kier molecular flexibility index (Phi) is 6.64. The number of nitrogens with one attached hydrogen (secondary N) is 1. The fourth-order valence-corrected chi connectivity index (χ4v) is 4.87. The number of benzene rings is 2. The first-order chi connectivity index (χ1) is 17.3. The highest BCUT2D eigenvalue weighted by Crippen LogP contribution is 2.38. The molecule has 36 heavy (non-hydrogen) atoms. The molecule has 0 bridgehead atoms. The van der Waals surface area contributed by atoms with Crippen molar-refractivity contribution in [3.63, 3.8) is 0 Å². The van der Waals surface area contributed by atoms with Crippen LogP contribution in [0.3, 0.4) is 0 Å². The molecule has 1 unspecified atom stereocenters. The predicted octanol–water partition coefficient (Wildman–Crippen LogP) is 4.93. The smallest absolute Gasteiger partial charge is 0.467 e. The van der Waals surface area contributed by atoms with Gasteiger partial charge in [0.25, 0.3) is 5.56 Å². The number of rotatable bonds is 7. The Morgan fingerprint density at radius 1 is 1.08 bits per heavy atom. The third kappa shape index (κ3) is 4.92. The summed E-state index contributed by atoms with van der Waals surface area (Å²) >= 11 is 0. The molecule has 5 rings (SSSR count). The highest BCUT2D eigenvalue weighted by atomic mass is 31.2. The zero-order valence-electron chi connectivity index (χ0n) is 19.6. The van der Waals surface area contributed by atoms with E-state index < -0.39 is 14.6 Å². The van der Waals surface area contributed by atoms with E-state index in [2.05, 4.69) is 21.7 Å². The van der Waals surface area contributed by atoms with Crippen LogP contribution in [-0.2, 0) is 9.09 Å². The Morgan fingerprint density at radius 3 is 2.50 bits per heavy atom. The molecule has 1 aliphatic rings. The molecule has 2 aromatic carbocycles. The number of nitrogens with zero attached hydrogens (tertiary/aromatic N) is 2. The van der Waals surface area contributed by atoms with Crippen LogP contribution < -0.4 is 10.3 Å². The maximum Gasteiger partial charge on any atom is 0.472 e. The van der Waals surface area contributed by atoms with Crippen molar-refractivity contribution in [2.24, 2.45) is 0 Å². The molecule has 0 fully saturated rings. The number of ether oxygens (including phenoxy) is 1. The molecule has 0 aliphatic heterocycles. The number of phosphoric ester groups is 1. The number of aromatic nitrogens is 3. The molecule has 4 aromatic rings. The predicted molar refractivity (Wildman–Crippen MR) is 136 cm³/mol. The second-order valence-corrected chi connectivity index (χ2v) is 9.95. The average Bonchev–Trinajstić information content (AvgIpc) is 3.25. The van der Waals surface area contributed by atoms with E-state index in [0.717, 1.165) is 47.4 Å². The van der Waals surface area contributed by atoms with Gasteiger partial charge in [0, 0.05) is 16.8 Å². The average molecular weight is 507 g/mol. The Morgan fingerprint density at radius 2 is 1.83 bits per heavy atom. The van der Waals surface area contributed by atoms with Crippen molar-refractivity contribution in [2.75, 3.05) is 6.79 Å². The number of H-pyrrole nitrogens is 1. The lowest BCUT2D eigenvalue weighted by atomic mass is 9.86. The van der Waals surface area contributed by atoms with Crippen molar-refractivity contribution in [1.29, 1.82) is 0 Å². The number of phosphoric acid groups is 1. The summed E-state index contributed by atoms with van der Waals surface area (Å²) in [7, 11) is -4.62. The number of hydrogen-bond donors (Lipinski definition) is 3. The minimum atomic E-state index is -4.62. The summed E-state index contributed by atoms with van der Waals surface area (Å²) in [6, 6.07) is 16.6. The van der Waals surface area contributed by atoms with Gasteiger partial charge in [-0.1, -0.05) is 54.6 Å². The molecular formula is C26H26N3O6P. The molecule has 0 amide bonds. The number of aryl methyl sites for hydroxylation is 1. The van der Waals surface area contributed by atoms with Crippen LogP contribution in [0.2, 0.25) is 0 Å². The molecule has 0 spiro atoms. The summed E-state index contributed by atoms with van der Waals surface area (Å²) in [6.07, 6.45) is 7.28. The first-order valence-electron chi connectivity index (χ1n) is 11.6. The van der Waals surface area contributed by atoms with E-state index in [4.69, 9.17) is 19.6 Å². The van der Waals surface area contributed by atoms with Crippen molar-refractivity contribution in [2.45, 2.75) is 32.1 Å². The summed E-state index contributed by atoms with van der Waals surface area (Å²) in [5, 5.41) is 4.80. The van der Waals surface area contributed by atoms with Crippen LogP contribution in [0, 0.1) is 6.92 Å². The summed E-state index contributed by atoms with van der Waals surface area (Å²) < 4.78 is 21.8. The van der Waals surface area contributed by atoms with E-state index in [1.165, 1.54) is 4.52 Å². The van der Waals surface area contributed by atoms with Gasteiger partial charge in [-0.15, -0.1) is 0 Å². The van der Waals surface area contributed by atoms with Gasteiger partial charge in [0.1, 0.15) is 11.4 Å². The van der Waals surface area contributed by atoms with Crippen molar-refractivity contribution >= 4 is 13.5 Å². The molecule has 0 saturated heterocycles. The number of fused-ring (bicyclic) bond motifs is 1. The van der Waals surface area contributed by atoms with E-state index in [1.807, 2.05) is 37.3 Å². The van der Waals surface area contributed by atoms with Gasteiger partial charge in [0.15, 0.2) is 6.79 Å². The zero-order valence-corrected chi connectivity index (χ0v) is 20.5. The second kappa shape index (κ2) is 9.87. The van der Waals surface area contributed by atoms with Crippen LogP contribution in [0.5, 0.6) is 5.75 Å². The monoisotopic (exact) mass is 507 g/mol. The molecule has 1 aliphatic carbocycles. The molecule has 1 atom stereocenters. The normalized spacial score (nSPS) is 15.9. The molecule has 10 heteroatoms. The maximum atomic E-state index is 13.7. The van der Waals surface area contributed by atoms with Crippen LogP contribution in [-0.4, -0.2) is 31.2 Å². The lowest BCUT2D eigenvalue weighted by molar-refractivity contribution is 0.0829. The maximum absolute atomic E-state index is 13.7. The van der Waals surface area contributed by atoms with Crippen LogP contribution >= 0.6 is 7.82 Å². The minimum absolute atomic E-state index is 0.227. The molecule has 9 nitrogen and oxygen atoms in total. The van der Waals surface area contributed by atoms with Crippen molar-refractivity contribution < 1.29 is 23.6 Å². The van der Waals surface area contributed by atoms with Gasteiger partial charge in [-0.05, 0) is 49.8 Å². The summed E-state index contributed by atoms with van der Waals surface area (Å²) in [5.41, 5.74) is 5.20. The third-order valence-electron chi connectivity index (χ3n) is 6.32. The highest BCUT2D eigenvalue weighted by molar-refractivity contribution is 7.46. The SMILES string of the molecule is Cc1[nH]c2c(C3CC=CCC3)c(-c3ccccc3)nn2c(=O)c1-c1ccc(OCOP(=O)(O)O)cc1. The Hall–Kier alpha value is -3.49. The first kappa shape index (κ1) is 24.2. The largest absolute Gasteiger partial charge is 0.472 e. The number of aromatic amines is 1. The van der Waals surface area contributed by atoms with Gasteiger partial charge in [0.2, 0.25) is 0 Å². The fourth-order valence-electron chi connectivity index (χ4n) is 4.68. The Bertz CT molecular complexity index is 1520. The van der Waals surface area contributed by atoms with E-state index in [-0.39, 0.29) is 11.5 Å². The van der Waals surface area contributed by atoms with Gasteiger partial charge in [-0.25, -0.2) is 9.09 Å². The van der Waals surface area contributed by atoms with Crippen molar-refractivity contribution in [1.82, 2.24) is 14.6 Å². The number of allylic oxidation sites excluding steroid dienone is 2. The van der Waals surface area contributed by atoms with Crippen LogP contribution in [0.15, 0.2) is 71.5 Å². The molecule has 0 radical (unpaired) electrons. The molecule has 2 aromatic heterocycles. The van der Waals surface area contributed by atoms with E-state index in [9.17, 15) is 9.36 Å². The Balaban J connectivity index is 1.57. The van der Waals surface area contributed by atoms with Crippen LogP contribution in [0.25, 0.3) is 28.0 Å². The van der Waals surface area contributed by atoms with Gasteiger partial charge >= 0.3 is 7.82 Å². The molecule has 3 N–H and O–H groups in total. The second-order valence-electron chi connectivity index (χ2n) is 8.71. The van der Waals surface area contributed by atoms with Crippen LogP contribution in [0.4, 0.5) is 0 Å². The van der Waals surface area contributed by atoms with Crippen molar-refractivity contribution in [3.8, 4) is 28.1 Å². The van der Waals surface area contributed by atoms with Crippen molar-refractivity contribution in [3.05, 3.63) is 88.4 Å². The van der Waals surface area contributed by atoms with Crippen LogP contribution in [0.1, 0.15) is 36.4 Å². The highest BCUT2D eigenvalue weighted by Gasteiger charge is 2.26. The lowest BCUT2D eigenvalue weighted by Gasteiger charge is -2.18. The number of hydrogen-bond acceptors (Lipinski definition) is 5. The summed E-state index contributed by atoms with van der Waals surface area (Å²) in [5.74, 6) is 0.607. The van der Waals surface area contributed by atoms with Gasteiger partial charge in [-0.2, -0.15) is 9.61 Å². The van der Waals surface area contributed by atoms with Gasteiger partial charge in [-0.3, -0.25) is 4.79 Å². The van der Waals surface area contributed by atoms with E-state index >= 15 is 0 Å². The fraction of sp³-hybridized carbons (Fsp3) is 0.231. The van der Waals surface area contributed by atoms with Gasteiger partial charge < -0.3 is 19.5 Å². The molecule has 186 valence electrons. The summed E-state index contributed by atoms with van der Waals surface area (Å²) in [4.78, 5) is 34.7.